The quantitative estimate of drug-likeness (QED) is 0.675. The van der Waals surface area contributed by atoms with Crippen LogP contribution >= 0.6 is 0 Å². The van der Waals surface area contributed by atoms with Gasteiger partial charge in [0, 0.05) is 25.0 Å². The summed E-state index contributed by atoms with van der Waals surface area (Å²) in [5.74, 6) is 0.448. The second-order valence-corrected chi connectivity index (χ2v) is 5.23. The van der Waals surface area contributed by atoms with Crippen LogP contribution < -0.4 is 5.32 Å². The summed E-state index contributed by atoms with van der Waals surface area (Å²) >= 11 is 0. The molecule has 2 rings (SSSR count). The number of nitrogens with zero attached hydrogens (tertiary/aromatic N) is 4. The minimum atomic E-state index is -0.386. The summed E-state index contributed by atoms with van der Waals surface area (Å²) in [5, 5.41) is 18.7. The molecule has 0 fully saturated rings. The highest BCUT2D eigenvalue weighted by Crippen LogP contribution is 2.31. The van der Waals surface area contributed by atoms with Crippen LogP contribution in [0.5, 0.6) is 0 Å². The third-order valence-corrected chi connectivity index (χ3v) is 3.31. The average Bonchev–Trinajstić information content (AvgIpc) is 2.75. The smallest absolute Gasteiger partial charge is 0.333 e. The van der Waals surface area contributed by atoms with E-state index >= 15 is 0 Å². The predicted octanol–water partition coefficient (Wildman–Crippen LogP) is 3.00. The highest BCUT2D eigenvalue weighted by Gasteiger charge is 2.26. The Balaban J connectivity index is 2.34. The zero-order valence-corrected chi connectivity index (χ0v) is 12.6. The van der Waals surface area contributed by atoms with E-state index in [1.165, 1.54) is 0 Å². The fourth-order valence-corrected chi connectivity index (χ4v) is 2.18. The van der Waals surface area contributed by atoms with Gasteiger partial charge < -0.3 is 5.32 Å². The molecule has 7 heteroatoms. The molecule has 2 aromatic rings. The van der Waals surface area contributed by atoms with Crippen LogP contribution in [0.4, 0.5) is 11.5 Å². The van der Waals surface area contributed by atoms with Gasteiger partial charge in [0.05, 0.1) is 4.92 Å². The minimum Gasteiger partial charge on any atom is -0.360 e. The molecule has 0 bridgehead atoms. The van der Waals surface area contributed by atoms with Crippen molar-refractivity contribution < 1.29 is 4.92 Å². The molecule has 21 heavy (non-hydrogen) atoms. The van der Waals surface area contributed by atoms with Crippen molar-refractivity contribution in [2.75, 3.05) is 5.32 Å². The van der Waals surface area contributed by atoms with Gasteiger partial charge in [-0.3, -0.25) is 15.1 Å². The predicted molar refractivity (Wildman–Crippen MR) is 80.3 cm³/mol. The van der Waals surface area contributed by atoms with Gasteiger partial charge in [-0.25, -0.2) is 4.68 Å². The van der Waals surface area contributed by atoms with E-state index in [1.807, 2.05) is 26.8 Å². The molecule has 0 aromatic carbocycles. The standard InChI is InChI=1S/C14H19N5O2/c1-9(2)18-14(13(19(20)21)11(4)17-18)16-8-12-5-6-15-7-10(12)3/h5-7,9,16H,8H2,1-4H3. The molecule has 0 aliphatic rings. The average molecular weight is 289 g/mol. The van der Waals surface area contributed by atoms with E-state index in [9.17, 15) is 10.1 Å². The molecular weight excluding hydrogens is 270 g/mol. The normalized spacial score (nSPS) is 10.9. The van der Waals surface area contributed by atoms with Crippen molar-refractivity contribution in [3.8, 4) is 0 Å². The van der Waals surface area contributed by atoms with Crippen molar-refractivity contribution in [1.82, 2.24) is 14.8 Å². The van der Waals surface area contributed by atoms with E-state index in [0.717, 1.165) is 11.1 Å². The lowest BCUT2D eigenvalue weighted by atomic mass is 10.1. The number of rotatable bonds is 5. The van der Waals surface area contributed by atoms with Crippen LogP contribution in [-0.2, 0) is 6.54 Å². The number of hydrogen-bond acceptors (Lipinski definition) is 5. The fourth-order valence-electron chi connectivity index (χ4n) is 2.18. The van der Waals surface area contributed by atoms with Crippen LogP contribution in [0.2, 0.25) is 0 Å². The summed E-state index contributed by atoms with van der Waals surface area (Å²) in [5.41, 5.74) is 2.55. The number of nitro groups is 1. The van der Waals surface area contributed by atoms with E-state index in [-0.39, 0.29) is 16.7 Å². The van der Waals surface area contributed by atoms with Gasteiger partial charge in [-0.1, -0.05) is 0 Å². The Morgan fingerprint density at radius 1 is 1.43 bits per heavy atom. The summed E-state index contributed by atoms with van der Waals surface area (Å²) in [6.45, 7) is 7.99. The highest BCUT2D eigenvalue weighted by molar-refractivity contribution is 5.60. The summed E-state index contributed by atoms with van der Waals surface area (Å²) in [7, 11) is 0. The Bertz CT molecular complexity index is 663. The maximum Gasteiger partial charge on any atom is 0.333 e. The molecule has 2 aromatic heterocycles. The topological polar surface area (TPSA) is 85.9 Å². The molecule has 0 saturated heterocycles. The molecule has 0 amide bonds. The molecule has 112 valence electrons. The van der Waals surface area contributed by atoms with Crippen LogP contribution in [0.1, 0.15) is 36.7 Å². The SMILES string of the molecule is Cc1cnccc1CNc1c([N+](=O)[O-])c(C)nn1C(C)C. The largest absolute Gasteiger partial charge is 0.360 e. The second-order valence-electron chi connectivity index (χ2n) is 5.23. The highest BCUT2D eigenvalue weighted by atomic mass is 16.6. The lowest BCUT2D eigenvalue weighted by Crippen LogP contribution is -2.11. The molecule has 0 aliphatic heterocycles. The Kier molecular flexibility index (Phi) is 4.21. The first-order valence-corrected chi connectivity index (χ1v) is 6.78. The zero-order chi connectivity index (χ0) is 15.6. The Labute approximate surface area is 123 Å². The van der Waals surface area contributed by atoms with Gasteiger partial charge in [-0.15, -0.1) is 0 Å². The molecule has 1 N–H and O–H groups in total. The summed E-state index contributed by atoms with van der Waals surface area (Å²) in [6, 6.07) is 1.94. The Hall–Kier alpha value is -2.44. The van der Waals surface area contributed by atoms with Gasteiger partial charge in [0.2, 0.25) is 5.82 Å². The first-order chi connectivity index (χ1) is 9.91. The van der Waals surface area contributed by atoms with Crippen molar-refractivity contribution >= 4 is 11.5 Å². The number of nitrogens with one attached hydrogen (secondary N) is 1. The molecule has 0 radical (unpaired) electrons. The molecule has 2 heterocycles. The van der Waals surface area contributed by atoms with Gasteiger partial charge in [-0.05, 0) is 44.9 Å². The van der Waals surface area contributed by atoms with Gasteiger partial charge in [0.15, 0.2) is 0 Å². The third-order valence-electron chi connectivity index (χ3n) is 3.31. The third kappa shape index (κ3) is 3.01. The van der Waals surface area contributed by atoms with Crippen molar-refractivity contribution in [2.24, 2.45) is 0 Å². The molecule has 0 spiro atoms. The van der Waals surface area contributed by atoms with Crippen LogP contribution in [0.15, 0.2) is 18.5 Å². The van der Waals surface area contributed by atoms with Crippen LogP contribution in [-0.4, -0.2) is 19.7 Å². The number of anilines is 1. The molecule has 0 atom stereocenters. The summed E-state index contributed by atoms with van der Waals surface area (Å²) < 4.78 is 1.66. The first-order valence-electron chi connectivity index (χ1n) is 6.78. The zero-order valence-electron chi connectivity index (χ0n) is 12.6. The molecular formula is C14H19N5O2. The molecule has 7 nitrogen and oxygen atoms in total. The van der Waals surface area contributed by atoms with Crippen molar-refractivity contribution in [3.63, 3.8) is 0 Å². The van der Waals surface area contributed by atoms with Crippen molar-refractivity contribution in [2.45, 2.75) is 40.3 Å². The number of aromatic nitrogens is 3. The van der Waals surface area contributed by atoms with Crippen LogP contribution in [0.25, 0.3) is 0 Å². The van der Waals surface area contributed by atoms with E-state index in [4.69, 9.17) is 0 Å². The lowest BCUT2D eigenvalue weighted by Gasteiger charge is -2.12. The Morgan fingerprint density at radius 2 is 2.14 bits per heavy atom. The van der Waals surface area contributed by atoms with Gasteiger partial charge >= 0.3 is 5.69 Å². The van der Waals surface area contributed by atoms with E-state index in [2.05, 4.69) is 15.4 Å². The van der Waals surface area contributed by atoms with Gasteiger partial charge in [0.25, 0.3) is 0 Å². The minimum absolute atomic E-state index is 0.0374. The van der Waals surface area contributed by atoms with E-state index < -0.39 is 0 Å². The maximum atomic E-state index is 11.3. The van der Waals surface area contributed by atoms with Crippen molar-refractivity contribution in [3.05, 3.63) is 45.4 Å². The van der Waals surface area contributed by atoms with E-state index in [1.54, 1.807) is 24.0 Å². The van der Waals surface area contributed by atoms with Crippen molar-refractivity contribution in [1.29, 1.82) is 0 Å². The maximum absolute atomic E-state index is 11.3. The Morgan fingerprint density at radius 3 is 2.71 bits per heavy atom. The van der Waals surface area contributed by atoms with Crippen LogP contribution in [0.3, 0.4) is 0 Å². The first kappa shape index (κ1) is 15.0. The molecule has 0 saturated carbocycles. The number of hydrogen-bond donors (Lipinski definition) is 1. The fraction of sp³-hybridized carbons (Fsp3) is 0.429. The van der Waals surface area contributed by atoms with Gasteiger partial charge in [-0.2, -0.15) is 5.10 Å². The lowest BCUT2D eigenvalue weighted by molar-refractivity contribution is -0.384. The van der Waals surface area contributed by atoms with Crippen LogP contribution in [0, 0.1) is 24.0 Å². The van der Waals surface area contributed by atoms with Gasteiger partial charge in [0.1, 0.15) is 5.69 Å². The number of aryl methyl sites for hydroxylation is 2. The summed E-state index contributed by atoms with van der Waals surface area (Å²) in [6.07, 6.45) is 3.49. The number of pyridine rings is 1. The molecule has 0 unspecified atom stereocenters. The second kappa shape index (κ2) is 5.90. The summed E-state index contributed by atoms with van der Waals surface area (Å²) in [4.78, 5) is 14.9. The molecule has 0 aliphatic carbocycles. The van der Waals surface area contributed by atoms with E-state index in [0.29, 0.717) is 18.1 Å². The monoisotopic (exact) mass is 289 g/mol.